The van der Waals surface area contributed by atoms with Crippen molar-refractivity contribution in [3.05, 3.63) is 47.9 Å². The fourth-order valence-electron chi connectivity index (χ4n) is 3.36. The Morgan fingerprint density at radius 3 is 2.96 bits per heavy atom. The van der Waals surface area contributed by atoms with Crippen LogP contribution in [-0.4, -0.2) is 46.0 Å². The number of aromatic nitrogens is 3. The van der Waals surface area contributed by atoms with Crippen LogP contribution in [0.15, 0.2) is 30.7 Å². The molecule has 5 nitrogen and oxygen atoms in total. The minimum Gasteiger partial charge on any atom is -0.355 e. The number of hydrogen-bond donors (Lipinski definition) is 0. The Morgan fingerprint density at radius 1 is 1.29 bits per heavy atom. The molecule has 1 atom stereocenters. The fraction of sp³-hybridized carbons (Fsp3) is 0.500. The molecule has 0 N–H and O–H groups in total. The SMILES string of the molecule is CN(c1ccnc(C2CC2)n1)C1CCN(Cc2cncc(F)c2)C1. The summed E-state index contributed by atoms with van der Waals surface area (Å²) in [6.45, 7) is 2.70. The van der Waals surface area contributed by atoms with E-state index in [0.29, 0.717) is 12.0 Å². The molecule has 0 radical (unpaired) electrons. The molecular formula is C18H22FN5. The van der Waals surface area contributed by atoms with Crippen LogP contribution in [0, 0.1) is 5.82 Å². The summed E-state index contributed by atoms with van der Waals surface area (Å²) in [7, 11) is 2.11. The Balaban J connectivity index is 1.39. The number of likely N-dealkylation sites (N-methyl/N-ethyl adjacent to an activating group) is 1. The van der Waals surface area contributed by atoms with E-state index in [4.69, 9.17) is 4.98 Å². The van der Waals surface area contributed by atoms with Gasteiger partial charge in [0, 0.05) is 51.0 Å². The zero-order valence-electron chi connectivity index (χ0n) is 13.9. The van der Waals surface area contributed by atoms with Crippen molar-refractivity contribution in [1.29, 1.82) is 0 Å². The molecule has 24 heavy (non-hydrogen) atoms. The number of halogens is 1. The Bertz CT molecular complexity index is 718. The number of hydrogen-bond acceptors (Lipinski definition) is 5. The maximum absolute atomic E-state index is 13.3. The molecule has 2 aliphatic rings. The third-order valence-corrected chi connectivity index (χ3v) is 4.93. The van der Waals surface area contributed by atoms with E-state index >= 15 is 0 Å². The molecule has 0 bridgehead atoms. The van der Waals surface area contributed by atoms with Gasteiger partial charge in [-0.25, -0.2) is 14.4 Å². The highest BCUT2D eigenvalue weighted by molar-refractivity contribution is 5.39. The first-order chi connectivity index (χ1) is 11.7. The van der Waals surface area contributed by atoms with Crippen molar-refractivity contribution in [3.8, 4) is 0 Å². The molecule has 1 saturated carbocycles. The Hall–Kier alpha value is -2.08. The summed E-state index contributed by atoms with van der Waals surface area (Å²) in [5, 5.41) is 0. The van der Waals surface area contributed by atoms with Gasteiger partial charge in [-0.15, -0.1) is 0 Å². The smallest absolute Gasteiger partial charge is 0.141 e. The van der Waals surface area contributed by atoms with Crippen LogP contribution in [-0.2, 0) is 6.54 Å². The summed E-state index contributed by atoms with van der Waals surface area (Å²) >= 11 is 0. The van der Waals surface area contributed by atoms with Gasteiger partial charge >= 0.3 is 0 Å². The van der Waals surface area contributed by atoms with E-state index in [1.807, 2.05) is 12.3 Å². The van der Waals surface area contributed by atoms with Crippen LogP contribution in [0.2, 0.25) is 0 Å². The highest BCUT2D eigenvalue weighted by Gasteiger charge is 2.29. The van der Waals surface area contributed by atoms with Crippen molar-refractivity contribution < 1.29 is 4.39 Å². The highest BCUT2D eigenvalue weighted by Crippen LogP contribution is 2.38. The third-order valence-electron chi connectivity index (χ3n) is 4.93. The molecule has 0 spiro atoms. The second kappa shape index (κ2) is 6.43. The second-order valence-corrected chi connectivity index (χ2v) is 6.85. The van der Waals surface area contributed by atoms with Gasteiger partial charge in [-0.05, 0) is 37.0 Å². The highest BCUT2D eigenvalue weighted by atomic mass is 19.1. The lowest BCUT2D eigenvalue weighted by molar-refractivity contribution is 0.324. The van der Waals surface area contributed by atoms with Crippen LogP contribution in [0.1, 0.15) is 36.6 Å². The molecule has 1 saturated heterocycles. The van der Waals surface area contributed by atoms with E-state index in [0.717, 1.165) is 43.3 Å². The topological polar surface area (TPSA) is 45.2 Å². The van der Waals surface area contributed by atoms with Gasteiger partial charge in [0.1, 0.15) is 17.5 Å². The first-order valence-electron chi connectivity index (χ1n) is 8.56. The zero-order valence-corrected chi connectivity index (χ0v) is 13.9. The first-order valence-corrected chi connectivity index (χ1v) is 8.56. The van der Waals surface area contributed by atoms with Gasteiger partial charge in [-0.3, -0.25) is 9.88 Å². The van der Waals surface area contributed by atoms with E-state index < -0.39 is 0 Å². The van der Waals surface area contributed by atoms with Crippen LogP contribution in [0.25, 0.3) is 0 Å². The van der Waals surface area contributed by atoms with Gasteiger partial charge in [0.05, 0.1) is 6.20 Å². The molecule has 2 aromatic heterocycles. The average molecular weight is 327 g/mol. The number of rotatable bonds is 5. The average Bonchev–Trinajstić information content (AvgIpc) is 3.34. The van der Waals surface area contributed by atoms with E-state index in [9.17, 15) is 4.39 Å². The predicted molar refractivity (Wildman–Crippen MR) is 90.3 cm³/mol. The van der Waals surface area contributed by atoms with Gasteiger partial charge in [0.2, 0.25) is 0 Å². The lowest BCUT2D eigenvalue weighted by Gasteiger charge is -2.26. The van der Waals surface area contributed by atoms with E-state index in [1.165, 1.54) is 19.0 Å². The molecule has 0 amide bonds. The maximum atomic E-state index is 13.3. The number of likely N-dealkylation sites (tertiary alicyclic amines) is 1. The molecule has 1 aliphatic carbocycles. The van der Waals surface area contributed by atoms with Crippen molar-refractivity contribution >= 4 is 5.82 Å². The Labute approximate surface area is 141 Å². The molecular weight excluding hydrogens is 305 g/mol. The van der Waals surface area contributed by atoms with Gasteiger partial charge < -0.3 is 4.90 Å². The van der Waals surface area contributed by atoms with Crippen molar-refractivity contribution in [1.82, 2.24) is 19.9 Å². The minimum absolute atomic E-state index is 0.269. The van der Waals surface area contributed by atoms with Crippen LogP contribution >= 0.6 is 0 Å². The fourth-order valence-corrected chi connectivity index (χ4v) is 3.36. The van der Waals surface area contributed by atoms with Crippen LogP contribution in [0.5, 0.6) is 0 Å². The number of nitrogens with zero attached hydrogens (tertiary/aromatic N) is 5. The van der Waals surface area contributed by atoms with Gasteiger partial charge in [-0.1, -0.05) is 0 Å². The predicted octanol–water partition coefficient (Wildman–Crippen LogP) is 2.60. The first kappa shape index (κ1) is 15.4. The van der Waals surface area contributed by atoms with Crippen LogP contribution in [0.4, 0.5) is 10.2 Å². The third kappa shape index (κ3) is 3.38. The molecule has 6 heteroatoms. The quantitative estimate of drug-likeness (QED) is 0.845. The van der Waals surface area contributed by atoms with Crippen LogP contribution < -0.4 is 4.90 Å². The number of anilines is 1. The Morgan fingerprint density at radius 2 is 2.17 bits per heavy atom. The van der Waals surface area contributed by atoms with Crippen molar-refractivity contribution in [2.45, 2.75) is 37.8 Å². The van der Waals surface area contributed by atoms with Crippen molar-refractivity contribution in [2.75, 3.05) is 25.0 Å². The van der Waals surface area contributed by atoms with E-state index in [2.05, 4.69) is 26.8 Å². The van der Waals surface area contributed by atoms with E-state index in [-0.39, 0.29) is 5.82 Å². The summed E-state index contributed by atoms with van der Waals surface area (Å²) in [5.74, 6) is 2.29. The van der Waals surface area contributed by atoms with Crippen molar-refractivity contribution in [3.63, 3.8) is 0 Å². The molecule has 4 rings (SSSR count). The molecule has 2 aromatic rings. The lowest BCUT2D eigenvalue weighted by Crippen LogP contribution is -2.35. The summed E-state index contributed by atoms with van der Waals surface area (Å²) in [6, 6.07) is 3.98. The molecule has 2 fully saturated rings. The largest absolute Gasteiger partial charge is 0.355 e. The van der Waals surface area contributed by atoms with Gasteiger partial charge in [0.15, 0.2) is 0 Å². The number of pyridine rings is 1. The molecule has 1 unspecified atom stereocenters. The summed E-state index contributed by atoms with van der Waals surface area (Å²) in [4.78, 5) is 17.7. The van der Waals surface area contributed by atoms with Crippen LogP contribution in [0.3, 0.4) is 0 Å². The van der Waals surface area contributed by atoms with Crippen molar-refractivity contribution in [2.24, 2.45) is 0 Å². The Kier molecular flexibility index (Phi) is 4.14. The maximum Gasteiger partial charge on any atom is 0.141 e. The minimum atomic E-state index is -0.269. The summed E-state index contributed by atoms with van der Waals surface area (Å²) in [5.41, 5.74) is 0.927. The van der Waals surface area contributed by atoms with Gasteiger partial charge in [-0.2, -0.15) is 0 Å². The van der Waals surface area contributed by atoms with Gasteiger partial charge in [0.25, 0.3) is 0 Å². The summed E-state index contributed by atoms with van der Waals surface area (Å²) < 4.78 is 13.3. The monoisotopic (exact) mass is 327 g/mol. The zero-order chi connectivity index (χ0) is 16.5. The second-order valence-electron chi connectivity index (χ2n) is 6.85. The standard InChI is InChI=1S/C18H22FN5/c1-23(17-4-6-21-18(22-17)14-2-3-14)16-5-7-24(12-16)11-13-8-15(19)10-20-9-13/h4,6,8-10,14,16H,2-3,5,7,11-12H2,1H3. The molecule has 0 aromatic carbocycles. The molecule has 126 valence electrons. The van der Waals surface area contributed by atoms with E-state index in [1.54, 1.807) is 12.3 Å². The normalized spacial score (nSPS) is 21.2. The summed E-state index contributed by atoms with van der Waals surface area (Å²) in [6.07, 6.45) is 8.38. The lowest BCUT2D eigenvalue weighted by atomic mass is 10.2. The molecule has 3 heterocycles. The molecule has 1 aliphatic heterocycles.